The van der Waals surface area contributed by atoms with Crippen LogP contribution in [0.1, 0.15) is 30.9 Å². The van der Waals surface area contributed by atoms with Gasteiger partial charge >= 0.3 is 0 Å². The highest BCUT2D eigenvalue weighted by Crippen LogP contribution is 2.44. The van der Waals surface area contributed by atoms with Crippen LogP contribution in [-0.4, -0.2) is 34.8 Å². The van der Waals surface area contributed by atoms with Gasteiger partial charge in [-0.2, -0.15) is 4.98 Å². The summed E-state index contributed by atoms with van der Waals surface area (Å²) in [6.45, 7) is 0. The van der Waals surface area contributed by atoms with Crippen molar-refractivity contribution in [1.29, 1.82) is 0 Å². The third kappa shape index (κ3) is 3.35. The van der Waals surface area contributed by atoms with Crippen LogP contribution < -0.4 is 14.8 Å². The highest BCUT2D eigenvalue weighted by atomic mass is 35.5. The lowest BCUT2D eigenvalue weighted by atomic mass is 9.85. The molecule has 7 nitrogen and oxygen atoms in total. The molecule has 5 rings (SSSR count). The van der Waals surface area contributed by atoms with Gasteiger partial charge in [-0.25, -0.2) is 4.68 Å². The fraction of sp³-hybridized carbons (Fsp3) is 0.261. The number of methoxy groups -OCH3 is 2. The molecule has 2 aliphatic rings. The van der Waals surface area contributed by atoms with Crippen LogP contribution in [0.25, 0.3) is 11.4 Å². The summed E-state index contributed by atoms with van der Waals surface area (Å²) in [5, 5.41) is 8.77. The molecule has 158 valence electrons. The van der Waals surface area contributed by atoms with Gasteiger partial charge in [0.15, 0.2) is 11.6 Å². The van der Waals surface area contributed by atoms with E-state index in [-0.39, 0.29) is 5.78 Å². The second kappa shape index (κ2) is 7.74. The Kier molecular flexibility index (Phi) is 4.90. The highest BCUT2D eigenvalue weighted by molar-refractivity contribution is 6.30. The zero-order valence-corrected chi connectivity index (χ0v) is 17.9. The minimum atomic E-state index is -0.461. The molecule has 0 bridgehead atoms. The second-order valence-corrected chi connectivity index (χ2v) is 7.95. The summed E-state index contributed by atoms with van der Waals surface area (Å²) in [5.41, 5.74) is 3.25. The van der Waals surface area contributed by atoms with Crippen LogP contribution in [0.5, 0.6) is 11.5 Å². The summed E-state index contributed by atoms with van der Waals surface area (Å²) in [4.78, 5) is 17.8. The minimum absolute atomic E-state index is 0.109. The van der Waals surface area contributed by atoms with Gasteiger partial charge in [0.1, 0.15) is 17.5 Å². The number of rotatable bonds is 4. The van der Waals surface area contributed by atoms with Gasteiger partial charge < -0.3 is 14.8 Å². The van der Waals surface area contributed by atoms with Gasteiger partial charge in [0.2, 0.25) is 5.95 Å². The van der Waals surface area contributed by atoms with Crippen molar-refractivity contribution in [2.24, 2.45) is 0 Å². The topological polar surface area (TPSA) is 78.3 Å². The Morgan fingerprint density at radius 2 is 1.90 bits per heavy atom. The Labute approximate surface area is 184 Å². The Balaban J connectivity index is 1.71. The number of Topliss-reactive ketones (excluding diaryl/α,β-unsaturated/α-hetero) is 1. The van der Waals surface area contributed by atoms with E-state index in [0.29, 0.717) is 40.3 Å². The SMILES string of the molecule is COc1ccc(OC)c(C2C3=C(CCCC3=O)Nc3nc(-c4ccc(Cl)cc4)nn32)c1. The van der Waals surface area contributed by atoms with Crippen LogP contribution in [0.4, 0.5) is 5.95 Å². The average molecular weight is 437 g/mol. The van der Waals surface area contributed by atoms with Gasteiger partial charge in [-0.15, -0.1) is 5.10 Å². The molecule has 0 saturated heterocycles. The molecule has 1 aliphatic carbocycles. The molecule has 1 atom stereocenters. The van der Waals surface area contributed by atoms with E-state index in [1.165, 1.54) is 0 Å². The van der Waals surface area contributed by atoms with Crippen molar-refractivity contribution >= 4 is 23.3 Å². The fourth-order valence-electron chi connectivity index (χ4n) is 4.22. The number of aromatic nitrogens is 3. The number of fused-ring (bicyclic) bond motifs is 1. The van der Waals surface area contributed by atoms with Crippen LogP contribution in [0.2, 0.25) is 5.02 Å². The summed E-state index contributed by atoms with van der Waals surface area (Å²) < 4.78 is 12.9. The number of ether oxygens (including phenoxy) is 2. The lowest BCUT2D eigenvalue weighted by Gasteiger charge is -2.32. The van der Waals surface area contributed by atoms with Gasteiger partial charge in [-0.05, 0) is 55.3 Å². The van der Waals surface area contributed by atoms with E-state index in [4.69, 9.17) is 31.2 Å². The van der Waals surface area contributed by atoms with E-state index in [9.17, 15) is 4.79 Å². The number of carbonyl (C=O) groups excluding carboxylic acids is 1. The average Bonchev–Trinajstić information content (AvgIpc) is 3.21. The summed E-state index contributed by atoms with van der Waals surface area (Å²) >= 11 is 6.04. The number of benzene rings is 2. The monoisotopic (exact) mass is 436 g/mol. The van der Waals surface area contributed by atoms with Crippen molar-refractivity contribution in [2.45, 2.75) is 25.3 Å². The maximum absolute atomic E-state index is 13.0. The van der Waals surface area contributed by atoms with E-state index in [0.717, 1.165) is 29.7 Å². The number of allylic oxidation sites excluding steroid dienone is 2. The molecule has 3 aromatic rings. The van der Waals surface area contributed by atoms with Crippen molar-refractivity contribution in [3.8, 4) is 22.9 Å². The van der Waals surface area contributed by atoms with E-state index in [1.54, 1.807) is 31.0 Å². The van der Waals surface area contributed by atoms with Crippen molar-refractivity contribution in [3.05, 3.63) is 64.3 Å². The molecule has 0 fully saturated rings. The molecule has 0 saturated carbocycles. The van der Waals surface area contributed by atoms with E-state index in [1.807, 2.05) is 30.3 Å². The molecule has 2 heterocycles. The molecule has 0 radical (unpaired) electrons. The fourth-order valence-corrected chi connectivity index (χ4v) is 4.34. The summed E-state index contributed by atoms with van der Waals surface area (Å²) in [5.74, 6) is 2.59. The molecule has 31 heavy (non-hydrogen) atoms. The van der Waals surface area contributed by atoms with Gasteiger partial charge in [-0.1, -0.05) is 11.6 Å². The number of hydrogen-bond acceptors (Lipinski definition) is 6. The van der Waals surface area contributed by atoms with Crippen LogP contribution in [0, 0.1) is 0 Å². The van der Waals surface area contributed by atoms with E-state index < -0.39 is 6.04 Å². The maximum atomic E-state index is 13.0. The molecule has 1 aromatic heterocycles. The first-order valence-electron chi connectivity index (χ1n) is 10.1. The predicted molar refractivity (Wildman–Crippen MR) is 118 cm³/mol. The number of nitrogens with one attached hydrogen (secondary N) is 1. The maximum Gasteiger partial charge on any atom is 0.226 e. The zero-order chi connectivity index (χ0) is 21.5. The Morgan fingerprint density at radius 1 is 1.10 bits per heavy atom. The van der Waals surface area contributed by atoms with Crippen molar-refractivity contribution in [2.75, 3.05) is 19.5 Å². The summed E-state index contributed by atoms with van der Waals surface area (Å²) in [6, 6.07) is 12.5. The first-order valence-corrected chi connectivity index (χ1v) is 10.4. The number of anilines is 1. The Hall–Kier alpha value is -3.32. The van der Waals surface area contributed by atoms with Gasteiger partial charge in [0, 0.05) is 33.8 Å². The highest BCUT2D eigenvalue weighted by Gasteiger charge is 2.38. The van der Waals surface area contributed by atoms with Gasteiger partial charge in [0.05, 0.1) is 14.2 Å². The normalized spacial score (nSPS) is 17.6. The quantitative estimate of drug-likeness (QED) is 0.642. The predicted octanol–water partition coefficient (Wildman–Crippen LogP) is 4.64. The lowest BCUT2D eigenvalue weighted by Crippen LogP contribution is -2.31. The standard InChI is InChI=1S/C23H21ClN4O3/c1-30-15-10-11-19(31-2)16(12-15)21-20-17(4-3-5-18(20)29)25-23-26-22(27-28(21)23)13-6-8-14(24)9-7-13/h6-12,21H,3-5H2,1-2H3,(H,25,26,27). The number of nitrogens with zero attached hydrogens (tertiary/aromatic N) is 3. The summed E-state index contributed by atoms with van der Waals surface area (Å²) in [6.07, 6.45) is 2.11. The molecule has 1 unspecified atom stereocenters. The lowest BCUT2D eigenvalue weighted by molar-refractivity contribution is -0.116. The van der Waals surface area contributed by atoms with E-state index >= 15 is 0 Å². The molecule has 8 heteroatoms. The smallest absolute Gasteiger partial charge is 0.226 e. The molecular formula is C23H21ClN4O3. The minimum Gasteiger partial charge on any atom is -0.497 e. The first kappa shape index (κ1) is 19.6. The van der Waals surface area contributed by atoms with Crippen molar-refractivity contribution in [1.82, 2.24) is 14.8 Å². The molecule has 1 N–H and O–H groups in total. The third-order valence-electron chi connectivity index (χ3n) is 5.70. The Morgan fingerprint density at radius 3 is 2.65 bits per heavy atom. The van der Waals surface area contributed by atoms with Crippen LogP contribution in [0.15, 0.2) is 53.7 Å². The molecule has 2 aromatic carbocycles. The molecular weight excluding hydrogens is 416 g/mol. The molecule has 0 spiro atoms. The first-order chi connectivity index (χ1) is 15.1. The number of ketones is 1. The largest absolute Gasteiger partial charge is 0.497 e. The van der Waals surface area contributed by atoms with E-state index in [2.05, 4.69) is 5.32 Å². The van der Waals surface area contributed by atoms with Crippen molar-refractivity contribution < 1.29 is 14.3 Å². The number of halogens is 1. The number of carbonyl (C=O) groups is 1. The number of hydrogen-bond donors (Lipinski definition) is 1. The molecule has 0 amide bonds. The van der Waals surface area contributed by atoms with Crippen LogP contribution >= 0.6 is 11.6 Å². The van der Waals surface area contributed by atoms with Gasteiger partial charge in [-0.3, -0.25) is 4.79 Å². The van der Waals surface area contributed by atoms with Crippen LogP contribution in [0.3, 0.4) is 0 Å². The summed E-state index contributed by atoms with van der Waals surface area (Å²) in [7, 11) is 3.23. The second-order valence-electron chi connectivity index (χ2n) is 7.51. The molecule has 1 aliphatic heterocycles. The van der Waals surface area contributed by atoms with Gasteiger partial charge in [0.25, 0.3) is 0 Å². The Bertz CT molecular complexity index is 1200. The zero-order valence-electron chi connectivity index (χ0n) is 17.2. The third-order valence-corrected chi connectivity index (χ3v) is 5.95. The van der Waals surface area contributed by atoms with Crippen molar-refractivity contribution in [3.63, 3.8) is 0 Å². The van der Waals surface area contributed by atoms with Crippen LogP contribution in [-0.2, 0) is 4.79 Å².